The minimum absolute atomic E-state index is 0.381. The number of nitrogens with zero attached hydrogens (tertiary/aromatic N) is 2. The van der Waals surface area contributed by atoms with E-state index in [0.29, 0.717) is 10.8 Å². The maximum absolute atomic E-state index is 9.00. The van der Waals surface area contributed by atoms with Crippen molar-refractivity contribution in [3.8, 4) is 6.07 Å². The Morgan fingerprint density at radius 3 is 2.60 bits per heavy atom. The number of halogens is 1. The van der Waals surface area contributed by atoms with Crippen LogP contribution in [0.1, 0.15) is 11.8 Å². The molecule has 1 aromatic rings. The molecular formula is C10H13ClN2OSi. The Balaban J connectivity index is 2.90. The molecule has 0 aliphatic rings. The molecule has 0 saturated heterocycles. The van der Waals surface area contributed by atoms with Gasteiger partial charge >= 0.3 is 0 Å². The number of rotatable bonds is 3. The summed E-state index contributed by atoms with van der Waals surface area (Å²) in [5.74, 6) is 0. The highest BCUT2D eigenvalue weighted by molar-refractivity contribution is 6.69. The van der Waals surface area contributed by atoms with Crippen LogP contribution in [0.5, 0.6) is 0 Å². The normalized spacial score (nSPS) is 13.3. The first kappa shape index (κ1) is 12.2. The molecule has 1 rings (SSSR count). The van der Waals surface area contributed by atoms with Crippen molar-refractivity contribution >= 4 is 19.9 Å². The molecule has 3 nitrogen and oxygen atoms in total. The Bertz CT molecular complexity index is 384. The van der Waals surface area contributed by atoms with Crippen molar-refractivity contribution in [1.82, 2.24) is 4.98 Å². The van der Waals surface area contributed by atoms with Crippen LogP contribution < -0.4 is 0 Å². The summed E-state index contributed by atoms with van der Waals surface area (Å²) in [6, 6.07) is 7.28. The summed E-state index contributed by atoms with van der Waals surface area (Å²) in [4.78, 5) is 4.07. The second-order valence-corrected chi connectivity index (χ2v) is 8.97. The minimum Gasteiger partial charge on any atom is -0.398 e. The van der Waals surface area contributed by atoms with Crippen molar-refractivity contribution < 1.29 is 4.43 Å². The van der Waals surface area contributed by atoms with E-state index in [1.165, 1.54) is 0 Å². The van der Waals surface area contributed by atoms with Gasteiger partial charge in [-0.25, -0.2) is 4.98 Å². The Hall–Kier alpha value is -0.893. The Morgan fingerprint density at radius 1 is 1.47 bits per heavy atom. The maximum Gasteiger partial charge on any atom is 0.186 e. The number of aromatic nitrogens is 1. The molecule has 1 atom stereocenters. The summed E-state index contributed by atoms with van der Waals surface area (Å²) >= 11 is 5.75. The lowest BCUT2D eigenvalue weighted by Crippen LogP contribution is -2.27. The predicted molar refractivity (Wildman–Crippen MR) is 62.0 cm³/mol. The molecule has 0 N–H and O–H groups in total. The largest absolute Gasteiger partial charge is 0.398 e. The van der Waals surface area contributed by atoms with Crippen LogP contribution in [0.3, 0.4) is 0 Å². The van der Waals surface area contributed by atoms with Crippen molar-refractivity contribution in [3.63, 3.8) is 0 Å². The predicted octanol–water partition coefficient (Wildman–Crippen LogP) is 3.15. The number of hydrogen-bond donors (Lipinski definition) is 0. The lowest BCUT2D eigenvalue weighted by atomic mass is 10.2. The van der Waals surface area contributed by atoms with Crippen LogP contribution in [0.2, 0.25) is 24.8 Å². The number of hydrogen-bond acceptors (Lipinski definition) is 3. The van der Waals surface area contributed by atoms with Gasteiger partial charge in [-0.3, -0.25) is 0 Å². The molecule has 15 heavy (non-hydrogen) atoms. The zero-order chi connectivity index (χ0) is 11.5. The van der Waals surface area contributed by atoms with Crippen LogP contribution in [-0.2, 0) is 4.43 Å². The van der Waals surface area contributed by atoms with Gasteiger partial charge in [-0.15, -0.1) is 0 Å². The van der Waals surface area contributed by atoms with Gasteiger partial charge in [0.15, 0.2) is 14.4 Å². The molecule has 5 heteroatoms. The molecule has 0 amide bonds. The average Bonchev–Trinajstić information content (AvgIpc) is 2.13. The van der Waals surface area contributed by atoms with Crippen molar-refractivity contribution in [1.29, 1.82) is 5.26 Å². The first-order valence-electron chi connectivity index (χ1n) is 4.62. The number of pyridine rings is 1. The van der Waals surface area contributed by atoms with Crippen LogP contribution in [0.15, 0.2) is 18.2 Å². The first-order chi connectivity index (χ1) is 6.92. The van der Waals surface area contributed by atoms with E-state index in [4.69, 9.17) is 21.3 Å². The standard InChI is InChI=1S/C10H13ClN2OSi/c1-15(2,3)14-9(7-12)8-5-4-6-10(11)13-8/h4-6,9H,1-3H3. The van der Waals surface area contributed by atoms with E-state index in [1.807, 2.05) is 19.6 Å². The highest BCUT2D eigenvalue weighted by atomic mass is 35.5. The molecule has 0 radical (unpaired) electrons. The van der Waals surface area contributed by atoms with E-state index < -0.39 is 14.4 Å². The fourth-order valence-electron chi connectivity index (χ4n) is 1.08. The second-order valence-electron chi connectivity index (χ2n) is 4.12. The van der Waals surface area contributed by atoms with Gasteiger partial charge < -0.3 is 4.43 Å². The van der Waals surface area contributed by atoms with Crippen molar-refractivity contribution in [2.24, 2.45) is 0 Å². The smallest absolute Gasteiger partial charge is 0.186 e. The number of nitriles is 1. The minimum atomic E-state index is -1.75. The zero-order valence-electron chi connectivity index (χ0n) is 8.99. The summed E-state index contributed by atoms with van der Waals surface area (Å²) in [6.45, 7) is 6.09. The summed E-state index contributed by atoms with van der Waals surface area (Å²) < 4.78 is 5.68. The van der Waals surface area contributed by atoms with Gasteiger partial charge in [0, 0.05) is 0 Å². The molecule has 0 fully saturated rings. The average molecular weight is 241 g/mol. The molecule has 80 valence electrons. The quantitative estimate of drug-likeness (QED) is 0.602. The molecule has 1 unspecified atom stereocenters. The van der Waals surface area contributed by atoms with Crippen LogP contribution in [0.25, 0.3) is 0 Å². The van der Waals surface area contributed by atoms with E-state index in [2.05, 4.69) is 11.1 Å². The van der Waals surface area contributed by atoms with Gasteiger partial charge in [-0.2, -0.15) is 5.26 Å². The zero-order valence-corrected chi connectivity index (χ0v) is 10.7. The van der Waals surface area contributed by atoms with E-state index >= 15 is 0 Å². The summed E-state index contributed by atoms with van der Waals surface area (Å²) in [7, 11) is -1.75. The van der Waals surface area contributed by atoms with Crippen molar-refractivity contribution in [3.05, 3.63) is 29.0 Å². The van der Waals surface area contributed by atoms with E-state index in [-0.39, 0.29) is 0 Å². The van der Waals surface area contributed by atoms with Gasteiger partial charge in [0.2, 0.25) is 0 Å². The van der Waals surface area contributed by atoms with Crippen molar-refractivity contribution in [2.45, 2.75) is 25.7 Å². The molecule has 0 spiro atoms. The van der Waals surface area contributed by atoms with Gasteiger partial charge in [0.25, 0.3) is 0 Å². The third-order valence-electron chi connectivity index (χ3n) is 1.59. The third kappa shape index (κ3) is 4.00. The Kier molecular flexibility index (Phi) is 3.86. The molecule has 1 heterocycles. The summed E-state index contributed by atoms with van der Waals surface area (Å²) in [5, 5.41) is 9.38. The Labute approximate surface area is 95.8 Å². The molecule has 1 aromatic heterocycles. The summed E-state index contributed by atoms with van der Waals surface area (Å²) in [6.07, 6.45) is -0.615. The van der Waals surface area contributed by atoms with Crippen LogP contribution in [0.4, 0.5) is 0 Å². The van der Waals surface area contributed by atoms with E-state index in [1.54, 1.807) is 18.2 Å². The van der Waals surface area contributed by atoms with E-state index in [9.17, 15) is 0 Å². The molecule has 0 aliphatic heterocycles. The lowest BCUT2D eigenvalue weighted by molar-refractivity contribution is 0.250. The van der Waals surface area contributed by atoms with Gasteiger partial charge in [-0.1, -0.05) is 17.7 Å². The Morgan fingerprint density at radius 2 is 2.13 bits per heavy atom. The molecule has 0 aromatic carbocycles. The topological polar surface area (TPSA) is 45.9 Å². The maximum atomic E-state index is 9.00. The SMILES string of the molecule is C[Si](C)(C)OC(C#N)c1cccc(Cl)n1. The second kappa shape index (κ2) is 4.75. The van der Waals surface area contributed by atoms with Gasteiger partial charge in [0.05, 0.1) is 11.8 Å². The fourth-order valence-corrected chi connectivity index (χ4v) is 2.13. The van der Waals surface area contributed by atoms with E-state index in [0.717, 1.165) is 0 Å². The lowest BCUT2D eigenvalue weighted by Gasteiger charge is -2.21. The molecule has 0 saturated carbocycles. The van der Waals surface area contributed by atoms with Gasteiger partial charge in [-0.05, 0) is 31.8 Å². The van der Waals surface area contributed by atoms with Gasteiger partial charge in [0.1, 0.15) is 5.15 Å². The summed E-state index contributed by atoms with van der Waals surface area (Å²) in [5.41, 5.74) is 0.576. The van der Waals surface area contributed by atoms with Crippen LogP contribution in [-0.4, -0.2) is 13.3 Å². The molecular weight excluding hydrogens is 228 g/mol. The third-order valence-corrected chi connectivity index (χ3v) is 2.75. The highest BCUT2D eigenvalue weighted by Crippen LogP contribution is 2.21. The first-order valence-corrected chi connectivity index (χ1v) is 8.41. The fraction of sp³-hybridized carbons (Fsp3) is 0.400. The highest BCUT2D eigenvalue weighted by Gasteiger charge is 2.23. The van der Waals surface area contributed by atoms with Crippen molar-refractivity contribution in [2.75, 3.05) is 0 Å². The monoisotopic (exact) mass is 240 g/mol. The molecule has 0 aliphatic carbocycles. The van der Waals surface area contributed by atoms with Crippen LogP contribution >= 0.6 is 11.6 Å². The molecule has 0 bridgehead atoms. The van der Waals surface area contributed by atoms with Crippen LogP contribution in [0, 0.1) is 11.3 Å².